The monoisotopic (exact) mass is 616 g/mol. The van der Waals surface area contributed by atoms with Crippen LogP contribution >= 0.6 is 12.2 Å². The van der Waals surface area contributed by atoms with Crippen LogP contribution in [0.25, 0.3) is 0 Å². The summed E-state index contributed by atoms with van der Waals surface area (Å²) in [6.07, 6.45) is 0.615. The third-order valence-corrected chi connectivity index (χ3v) is 11.2. The summed E-state index contributed by atoms with van der Waals surface area (Å²) < 4.78 is 27.0. The van der Waals surface area contributed by atoms with Gasteiger partial charge in [0.2, 0.25) is 0 Å². The lowest BCUT2D eigenvalue weighted by Crippen LogP contribution is -2.64. The lowest BCUT2D eigenvalue weighted by atomic mass is 10.1. The molecule has 0 aliphatic carbocycles. The SMILES string of the molecule is Cc1cn([C@@]2([SiH](c3ccccc3)c3ccccc3)C[C@H](OC(=S)Oc3ccccc3)[C@@H](COC(C)(C)C)O2)c(=O)[nH]c1=O. The number of benzene rings is 3. The number of hydrogen-bond acceptors (Lipinski definition) is 7. The zero-order chi connectivity index (χ0) is 30.6. The van der Waals surface area contributed by atoms with Gasteiger partial charge in [0.05, 0.1) is 12.2 Å². The molecule has 1 aliphatic heterocycles. The van der Waals surface area contributed by atoms with Crippen LogP contribution in [-0.2, 0) is 19.6 Å². The van der Waals surface area contributed by atoms with E-state index in [4.69, 9.17) is 31.2 Å². The molecule has 43 heavy (non-hydrogen) atoms. The summed E-state index contributed by atoms with van der Waals surface area (Å²) in [5.41, 5.74) is -1.06. The third-order valence-electron chi connectivity index (χ3n) is 7.38. The van der Waals surface area contributed by atoms with Gasteiger partial charge >= 0.3 is 10.9 Å². The molecule has 1 aliphatic rings. The number of thiocarbonyl (C=S) groups is 1. The summed E-state index contributed by atoms with van der Waals surface area (Å²) in [6.45, 7) is 7.77. The second-order valence-electron chi connectivity index (χ2n) is 11.6. The van der Waals surface area contributed by atoms with Crippen molar-refractivity contribution in [1.82, 2.24) is 9.55 Å². The largest absolute Gasteiger partial charge is 0.450 e. The molecule has 1 aromatic heterocycles. The molecule has 0 bridgehead atoms. The summed E-state index contributed by atoms with van der Waals surface area (Å²) >= 11 is 5.55. The fourth-order valence-corrected chi connectivity index (χ4v) is 9.57. The number of hydrogen-bond donors (Lipinski definition) is 1. The Morgan fingerprint density at radius 3 is 2.09 bits per heavy atom. The van der Waals surface area contributed by atoms with Crippen LogP contribution in [0.15, 0.2) is 107 Å². The van der Waals surface area contributed by atoms with Crippen molar-refractivity contribution in [3.05, 3.63) is 124 Å². The van der Waals surface area contributed by atoms with E-state index >= 15 is 0 Å². The van der Waals surface area contributed by atoms with Crippen LogP contribution in [0.2, 0.25) is 0 Å². The van der Waals surface area contributed by atoms with Gasteiger partial charge in [-0.15, -0.1) is 0 Å². The first-order chi connectivity index (χ1) is 20.6. The van der Waals surface area contributed by atoms with Crippen LogP contribution in [-0.4, -0.2) is 48.0 Å². The van der Waals surface area contributed by atoms with Crippen LogP contribution in [0.4, 0.5) is 0 Å². The highest BCUT2D eigenvalue weighted by atomic mass is 32.1. The number of aromatic amines is 1. The molecule has 1 saturated heterocycles. The number of rotatable bonds is 8. The first-order valence-electron chi connectivity index (χ1n) is 14.2. The van der Waals surface area contributed by atoms with E-state index in [2.05, 4.69) is 29.2 Å². The summed E-state index contributed by atoms with van der Waals surface area (Å²) in [6, 6.07) is 29.3. The van der Waals surface area contributed by atoms with Crippen LogP contribution in [0.5, 0.6) is 5.75 Å². The van der Waals surface area contributed by atoms with Gasteiger partial charge < -0.3 is 18.9 Å². The third kappa shape index (κ3) is 7.05. The fraction of sp³-hybridized carbons (Fsp3) is 0.303. The fourth-order valence-electron chi connectivity index (χ4n) is 5.46. The second kappa shape index (κ2) is 12.8. The van der Waals surface area contributed by atoms with Crippen molar-refractivity contribution in [2.24, 2.45) is 0 Å². The average Bonchev–Trinajstić information content (AvgIpc) is 3.33. The topological polar surface area (TPSA) is 91.8 Å². The van der Waals surface area contributed by atoms with Crippen LogP contribution in [0.1, 0.15) is 32.8 Å². The normalized spacial score (nSPS) is 20.2. The maximum atomic E-state index is 13.7. The Morgan fingerprint density at radius 2 is 1.53 bits per heavy atom. The van der Waals surface area contributed by atoms with Gasteiger partial charge in [-0.25, -0.2) is 4.79 Å². The van der Waals surface area contributed by atoms with Gasteiger partial charge in [-0.05, 0) is 39.8 Å². The lowest BCUT2D eigenvalue weighted by Gasteiger charge is -2.38. The molecule has 0 radical (unpaired) electrons. The zero-order valence-electron chi connectivity index (χ0n) is 24.7. The highest BCUT2D eigenvalue weighted by Crippen LogP contribution is 2.39. The Balaban J connectivity index is 1.66. The lowest BCUT2D eigenvalue weighted by molar-refractivity contribution is -0.113. The highest BCUT2D eigenvalue weighted by molar-refractivity contribution is 7.79. The maximum Gasteiger partial charge on any atom is 0.358 e. The number of ether oxygens (including phenoxy) is 4. The number of nitrogens with zero attached hydrogens (tertiary/aromatic N) is 1. The van der Waals surface area contributed by atoms with Crippen molar-refractivity contribution in [3.63, 3.8) is 0 Å². The Labute approximate surface area is 257 Å². The summed E-state index contributed by atoms with van der Waals surface area (Å²) in [7, 11) is -2.49. The van der Waals surface area contributed by atoms with E-state index in [1.54, 1.807) is 29.8 Å². The summed E-state index contributed by atoms with van der Waals surface area (Å²) in [5, 5.41) is 0.861. The van der Waals surface area contributed by atoms with Gasteiger partial charge in [-0.3, -0.25) is 14.3 Å². The minimum absolute atomic E-state index is 0.0565. The molecule has 3 atom stereocenters. The molecule has 0 unspecified atom stereocenters. The molecule has 5 rings (SSSR count). The number of nitrogens with one attached hydrogen (secondary N) is 1. The van der Waals surface area contributed by atoms with Crippen molar-refractivity contribution in [2.45, 2.75) is 57.3 Å². The minimum atomic E-state index is -2.49. The van der Waals surface area contributed by atoms with E-state index in [-0.39, 0.29) is 18.3 Å². The van der Waals surface area contributed by atoms with E-state index in [1.165, 1.54) is 0 Å². The number of aromatic nitrogens is 2. The van der Waals surface area contributed by atoms with E-state index in [0.29, 0.717) is 11.3 Å². The Morgan fingerprint density at radius 1 is 0.977 bits per heavy atom. The molecule has 0 spiro atoms. The molecule has 1 fully saturated rings. The van der Waals surface area contributed by atoms with Crippen molar-refractivity contribution >= 4 is 36.6 Å². The smallest absolute Gasteiger partial charge is 0.358 e. The van der Waals surface area contributed by atoms with Crippen LogP contribution in [0.3, 0.4) is 0 Å². The van der Waals surface area contributed by atoms with Gasteiger partial charge in [0.15, 0.2) is 8.80 Å². The predicted molar refractivity (Wildman–Crippen MR) is 173 cm³/mol. The average molecular weight is 617 g/mol. The molecule has 10 heteroatoms. The predicted octanol–water partition coefficient (Wildman–Crippen LogP) is 3.43. The standard InChI is InChI=1S/C33H36N2O6SSi/c1-23-21-35(30(37)34-29(23)36)33(43(25-16-10-6-11-17-25)26-18-12-7-13-19-26)20-27(28(41-33)22-38-32(2,3)4)40-31(42)39-24-14-8-5-9-15-24/h5-19,21,27-28,43H,20,22H2,1-4H3,(H,34,36,37)/t27-,28+,33-/m0/s1. The molecular formula is C33H36N2O6SSi. The molecule has 0 amide bonds. The summed E-state index contributed by atoms with van der Waals surface area (Å²) in [5.74, 6) is 0.550. The van der Waals surface area contributed by atoms with Gasteiger partial charge in [-0.1, -0.05) is 89.2 Å². The van der Waals surface area contributed by atoms with Gasteiger partial charge in [0.1, 0.15) is 23.3 Å². The zero-order valence-corrected chi connectivity index (χ0v) is 26.7. The van der Waals surface area contributed by atoms with Crippen LogP contribution in [0, 0.1) is 6.92 Å². The molecule has 224 valence electrons. The molecule has 4 aromatic rings. The van der Waals surface area contributed by atoms with Crippen molar-refractivity contribution in [3.8, 4) is 5.75 Å². The second-order valence-corrected chi connectivity index (χ2v) is 15.1. The molecule has 2 heterocycles. The van der Waals surface area contributed by atoms with Crippen LogP contribution < -0.4 is 26.4 Å². The molecule has 0 saturated carbocycles. The minimum Gasteiger partial charge on any atom is -0.450 e. The van der Waals surface area contributed by atoms with E-state index in [9.17, 15) is 9.59 Å². The quantitative estimate of drug-likeness (QED) is 0.240. The molecule has 3 aromatic carbocycles. The Bertz CT molecular complexity index is 1620. The summed E-state index contributed by atoms with van der Waals surface area (Å²) in [4.78, 5) is 28.7. The number of H-pyrrole nitrogens is 1. The van der Waals surface area contributed by atoms with Gasteiger partial charge in [-0.2, -0.15) is 0 Å². The number of aryl methyl sites for hydroxylation is 1. The Kier molecular flexibility index (Phi) is 9.12. The molecule has 1 N–H and O–H groups in total. The van der Waals surface area contributed by atoms with Gasteiger partial charge in [0.25, 0.3) is 5.56 Å². The van der Waals surface area contributed by atoms with Crippen molar-refractivity contribution in [1.29, 1.82) is 0 Å². The maximum absolute atomic E-state index is 13.7. The molecular weight excluding hydrogens is 581 g/mol. The van der Waals surface area contributed by atoms with Crippen molar-refractivity contribution in [2.75, 3.05) is 6.61 Å². The highest BCUT2D eigenvalue weighted by Gasteiger charge is 2.56. The number of para-hydroxylation sites is 1. The first-order valence-corrected chi connectivity index (χ1v) is 16.4. The van der Waals surface area contributed by atoms with E-state index in [1.807, 2.05) is 75.4 Å². The molecule has 8 nitrogen and oxygen atoms in total. The first kappa shape index (κ1) is 30.6. The van der Waals surface area contributed by atoms with E-state index < -0.39 is 43.2 Å². The van der Waals surface area contributed by atoms with Crippen molar-refractivity contribution < 1.29 is 18.9 Å². The van der Waals surface area contributed by atoms with Gasteiger partial charge in [0, 0.05) is 30.4 Å². The van der Waals surface area contributed by atoms with E-state index in [0.717, 1.165) is 10.4 Å². The Hall–Kier alpha value is -3.83.